The second-order valence-corrected chi connectivity index (χ2v) is 11.8. The highest BCUT2D eigenvalue weighted by Crippen LogP contribution is 2.24. The Morgan fingerprint density at radius 1 is 0.974 bits per heavy atom. The number of amides is 2. The van der Waals surface area contributed by atoms with Crippen molar-refractivity contribution in [1.82, 2.24) is 14.5 Å². The van der Waals surface area contributed by atoms with Gasteiger partial charge in [0.25, 0.3) is 5.91 Å². The Labute approximate surface area is 225 Å². The summed E-state index contributed by atoms with van der Waals surface area (Å²) in [4.78, 5) is 28.8. The molecule has 1 N–H and O–H groups in total. The zero-order valence-corrected chi connectivity index (χ0v) is 22.4. The zero-order chi connectivity index (χ0) is 26.7. The number of sulfonamides is 1. The maximum absolute atomic E-state index is 13.5. The average molecular weight is 550 g/mol. The van der Waals surface area contributed by atoms with Crippen LogP contribution in [0.4, 0.5) is 0 Å². The van der Waals surface area contributed by atoms with Gasteiger partial charge in [0.05, 0.1) is 16.9 Å². The SMILES string of the molecule is COc1ccc(S(=O)(=O)N2CCN(C(=O)c3cccs3)C(C(=O)NCc3ccc4ccccc4c3)C2)cc1. The summed E-state index contributed by atoms with van der Waals surface area (Å²) in [7, 11) is -2.38. The third-order valence-corrected chi connectivity index (χ3v) is 9.35. The van der Waals surface area contributed by atoms with Crippen LogP contribution in [-0.2, 0) is 21.4 Å². The number of piperazine rings is 1. The van der Waals surface area contributed by atoms with E-state index in [1.54, 1.807) is 29.6 Å². The zero-order valence-electron chi connectivity index (χ0n) is 20.7. The smallest absolute Gasteiger partial charge is 0.264 e. The molecule has 0 saturated carbocycles. The van der Waals surface area contributed by atoms with E-state index in [-0.39, 0.29) is 37.0 Å². The van der Waals surface area contributed by atoms with E-state index in [9.17, 15) is 18.0 Å². The summed E-state index contributed by atoms with van der Waals surface area (Å²) < 4.78 is 33.2. The van der Waals surface area contributed by atoms with E-state index < -0.39 is 22.0 Å². The molecular formula is C28H27N3O5S2. The number of nitrogens with zero attached hydrogens (tertiary/aromatic N) is 2. The molecule has 0 aliphatic carbocycles. The Bertz CT molecular complexity index is 1550. The minimum atomic E-state index is -3.89. The fourth-order valence-electron chi connectivity index (χ4n) is 4.54. The van der Waals surface area contributed by atoms with Crippen LogP contribution in [0, 0.1) is 0 Å². The van der Waals surface area contributed by atoms with Gasteiger partial charge in [-0.1, -0.05) is 42.5 Å². The Kier molecular flexibility index (Phi) is 7.46. The first kappa shape index (κ1) is 25.9. The van der Waals surface area contributed by atoms with Gasteiger partial charge in [0, 0.05) is 26.2 Å². The molecule has 3 aromatic carbocycles. The van der Waals surface area contributed by atoms with Gasteiger partial charge < -0.3 is 15.0 Å². The average Bonchev–Trinajstić information content (AvgIpc) is 3.50. The lowest BCUT2D eigenvalue weighted by Crippen LogP contribution is -2.61. The second kappa shape index (κ2) is 10.9. The fraction of sp³-hybridized carbons (Fsp3) is 0.214. The minimum Gasteiger partial charge on any atom is -0.497 e. The summed E-state index contributed by atoms with van der Waals surface area (Å²) in [6.45, 7) is 0.293. The van der Waals surface area contributed by atoms with Crippen LogP contribution < -0.4 is 10.1 Å². The van der Waals surface area contributed by atoms with Crippen molar-refractivity contribution in [3.8, 4) is 5.75 Å². The Morgan fingerprint density at radius 2 is 1.74 bits per heavy atom. The first-order chi connectivity index (χ1) is 18.4. The van der Waals surface area contributed by atoms with Crippen molar-refractivity contribution in [3.05, 3.63) is 94.7 Å². The first-order valence-corrected chi connectivity index (χ1v) is 14.4. The molecule has 1 aliphatic heterocycles. The maximum atomic E-state index is 13.5. The number of benzene rings is 3. The number of fused-ring (bicyclic) bond motifs is 1. The van der Waals surface area contributed by atoms with Crippen molar-refractivity contribution in [2.75, 3.05) is 26.7 Å². The van der Waals surface area contributed by atoms with Gasteiger partial charge in [0.2, 0.25) is 15.9 Å². The van der Waals surface area contributed by atoms with Gasteiger partial charge in [-0.3, -0.25) is 9.59 Å². The van der Waals surface area contributed by atoms with E-state index in [0.717, 1.165) is 16.3 Å². The highest BCUT2D eigenvalue weighted by Gasteiger charge is 2.40. The fourth-order valence-corrected chi connectivity index (χ4v) is 6.65. The molecule has 0 bridgehead atoms. The quantitative estimate of drug-likeness (QED) is 0.379. The number of methoxy groups -OCH3 is 1. The van der Waals surface area contributed by atoms with Crippen LogP contribution >= 0.6 is 11.3 Å². The lowest BCUT2D eigenvalue weighted by Gasteiger charge is -2.39. The number of thiophene rings is 1. The Balaban J connectivity index is 1.37. The van der Waals surface area contributed by atoms with Crippen molar-refractivity contribution < 1.29 is 22.7 Å². The third kappa shape index (κ3) is 5.28. The van der Waals surface area contributed by atoms with Crippen LogP contribution in [-0.4, -0.2) is 62.2 Å². The normalized spacial score (nSPS) is 16.3. The largest absolute Gasteiger partial charge is 0.497 e. The molecule has 5 rings (SSSR count). The number of carbonyl (C=O) groups excluding carboxylic acids is 2. The minimum absolute atomic E-state index is 0.0833. The van der Waals surface area contributed by atoms with Gasteiger partial charge >= 0.3 is 0 Å². The van der Waals surface area contributed by atoms with Gasteiger partial charge in [-0.2, -0.15) is 4.31 Å². The molecular weight excluding hydrogens is 522 g/mol. The standard InChI is InChI=1S/C28H27N3O5S2/c1-36-23-10-12-24(13-11-23)38(34,35)30-14-15-31(28(33)26-7-4-16-37-26)25(19-30)27(32)29-18-20-8-9-21-5-2-3-6-22(21)17-20/h2-13,16-17,25H,14-15,18-19H2,1H3,(H,29,32). The van der Waals surface area contributed by atoms with E-state index in [2.05, 4.69) is 5.32 Å². The first-order valence-electron chi connectivity index (χ1n) is 12.1. The lowest BCUT2D eigenvalue weighted by molar-refractivity contribution is -0.127. The summed E-state index contributed by atoms with van der Waals surface area (Å²) in [5.41, 5.74) is 0.909. The summed E-state index contributed by atoms with van der Waals surface area (Å²) in [6, 6.07) is 22.5. The lowest BCUT2D eigenvalue weighted by atomic mass is 10.1. The van der Waals surface area contributed by atoms with E-state index in [1.165, 1.54) is 39.8 Å². The molecule has 4 aromatic rings. The van der Waals surface area contributed by atoms with Crippen molar-refractivity contribution in [1.29, 1.82) is 0 Å². The van der Waals surface area contributed by atoms with Crippen molar-refractivity contribution in [3.63, 3.8) is 0 Å². The van der Waals surface area contributed by atoms with Gasteiger partial charge in [-0.15, -0.1) is 11.3 Å². The highest BCUT2D eigenvalue weighted by atomic mass is 32.2. The van der Waals surface area contributed by atoms with Gasteiger partial charge in [-0.05, 0) is 58.1 Å². The number of rotatable bonds is 7. The molecule has 196 valence electrons. The number of ether oxygens (including phenoxy) is 1. The molecule has 2 heterocycles. The molecule has 1 atom stereocenters. The monoisotopic (exact) mass is 549 g/mol. The molecule has 1 unspecified atom stereocenters. The van der Waals surface area contributed by atoms with Crippen molar-refractivity contribution in [2.45, 2.75) is 17.5 Å². The van der Waals surface area contributed by atoms with E-state index in [4.69, 9.17) is 4.74 Å². The van der Waals surface area contributed by atoms with Gasteiger partial charge in [0.15, 0.2) is 0 Å². The summed E-state index contributed by atoms with van der Waals surface area (Å²) >= 11 is 1.29. The maximum Gasteiger partial charge on any atom is 0.264 e. The van der Waals surface area contributed by atoms with Crippen molar-refractivity contribution >= 4 is 43.9 Å². The van der Waals surface area contributed by atoms with Gasteiger partial charge in [0.1, 0.15) is 11.8 Å². The van der Waals surface area contributed by atoms with Crippen molar-refractivity contribution in [2.24, 2.45) is 0 Å². The number of carbonyl (C=O) groups is 2. The molecule has 0 radical (unpaired) electrons. The third-order valence-electron chi connectivity index (χ3n) is 6.62. The van der Waals surface area contributed by atoms with Crippen LogP contribution in [0.1, 0.15) is 15.2 Å². The molecule has 10 heteroatoms. The molecule has 38 heavy (non-hydrogen) atoms. The number of nitrogens with one attached hydrogen (secondary N) is 1. The predicted octanol–water partition coefficient (Wildman–Crippen LogP) is 3.74. The molecule has 1 aromatic heterocycles. The molecule has 1 saturated heterocycles. The number of hydrogen-bond acceptors (Lipinski definition) is 6. The van der Waals surface area contributed by atoms with E-state index >= 15 is 0 Å². The highest BCUT2D eigenvalue weighted by molar-refractivity contribution is 7.89. The topological polar surface area (TPSA) is 96.0 Å². The molecule has 1 aliphatic rings. The van der Waals surface area contributed by atoms with E-state index in [0.29, 0.717) is 10.6 Å². The second-order valence-electron chi connectivity index (χ2n) is 8.93. The molecule has 2 amide bonds. The van der Waals surface area contributed by atoms with Gasteiger partial charge in [-0.25, -0.2) is 8.42 Å². The van der Waals surface area contributed by atoms with Crippen LogP contribution in [0.25, 0.3) is 10.8 Å². The van der Waals surface area contributed by atoms with Crippen LogP contribution in [0.3, 0.4) is 0 Å². The molecule has 1 fully saturated rings. The summed E-state index contributed by atoms with van der Waals surface area (Å²) in [6.07, 6.45) is 0. The van der Waals surface area contributed by atoms with Crippen LogP contribution in [0.2, 0.25) is 0 Å². The summed E-state index contributed by atoms with van der Waals surface area (Å²) in [5, 5.41) is 6.88. The summed E-state index contributed by atoms with van der Waals surface area (Å²) in [5.74, 6) is -0.147. The molecule has 8 nitrogen and oxygen atoms in total. The van der Waals surface area contributed by atoms with E-state index in [1.807, 2.05) is 42.5 Å². The predicted molar refractivity (Wildman–Crippen MR) is 147 cm³/mol. The van der Waals surface area contributed by atoms with Crippen LogP contribution in [0.15, 0.2) is 89.1 Å². The van der Waals surface area contributed by atoms with Crippen LogP contribution in [0.5, 0.6) is 5.75 Å². The molecule has 0 spiro atoms. The number of hydrogen-bond donors (Lipinski definition) is 1. The Morgan fingerprint density at radius 3 is 2.45 bits per heavy atom. The Hall–Kier alpha value is -3.73.